The van der Waals surface area contributed by atoms with Gasteiger partial charge in [0, 0.05) is 12.4 Å². The summed E-state index contributed by atoms with van der Waals surface area (Å²) >= 11 is 0. The normalized spacial score (nSPS) is 25.9. The molecular weight excluding hydrogens is 222 g/mol. The van der Waals surface area contributed by atoms with Crippen molar-refractivity contribution in [3.8, 4) is 0 Å². The third-order valence-electron chi connectivity index (χ3n) is 4.28. The summed E-state index contributed by atoms with van der Waals surface area (Å²) in [6, 6.07) is 4.37. The maximum atomic E-state index is 5.75. The minimum Gasteiger partial charge on any atom is -0.271 e. The molecule has 0 radical (unpaired) electrons. The molecule has 0 spiro atoms. The first-order valence-corrected chi connectivity index (χ1v) is 7.21. The van der Waals surface area contributed by atoms with Crippen LogP contribution in [0.15, 0.2) is 24.5 Å². The molecule has 100 valence electrons. The van der Waals surface area contributed by atoms with Crippen molar-refractivity contribution in [1.29, 1.82) is 0 Å². The topological polar surface area (TPSA) is 50.9 Å². The van der Waals surface area contributed by atoms with Crippen LogP contribution in [0.25, 0.3) is 0 Å². The van der Waals surface area contributed by atoms with E-state index < -0.39 is 0 Å². The summed E-state index contributed by atoms with van der Waals surface area (Å²) in [5.41, 5.74) is 4.22. The molecular formula is C15H25N3. The van der Waals surface area contributed by atoms with Gasteiger partial charge in [-0.05, 0) is 36.3 Å². The number of rotatable bonds is 5. The standard InChI is InChI=1S/C15H25N3/c1-2-4-12-6-8-13(9-7-12)15(18-16)14-5-3-10-17-11-14/h3,5,10-13,15,18H,2,4,6-9,16H2,1H3. The van der Waals surface area contributed by atoms with Crippen LogP contribution >= 0.6 is 0 Å². The van der Waals surface area contributed by atoms with E-state index in [9.17, 15) is 0 Å². The summed E-state index contributed by atoms with van der Waals surface area (Å²) in [6.45, 7) is 2.28. The first kappa shape index (κ1) is 13.5. The largest absolute Gasteiger partial charge is 0.271 e. The van der Waals surface area contributed by atoms with Gasteiger partial charge in [-0.3, -0.25) is 16.3 Å². The number of nitrogens with two attached hydrogens (primary N) is 1. The fourth-order valence-corrected chi connectivity index (χ4v) is 3.28. The minimum absolute atomic E-state index is 0.265. The Bertz CT molecular complexity index is 331. The van der Waals surface area contributed by atoms with Crippen LogP contribution in [0.1, 0.15) is 57.1 Å². The smallest absolute Gasteiger partial charge is 0.0503 e. The molecule has 3 nitrogen and oxygen atoms in total. The Labute approximate surface area is 110 Å². The zero-order valence-corrected chi connectivity index (χ0v) is 11.3. The van der Waals surface area contributed by atoms with Crippen molar-refractivity contribution in [2.45, 2.75) is 51.5 Å². The van der Waals surface area contributed by atoms with Crippen LogP contribution in [-0.4, -0.2) is 4.98 Å². The maximum Gasteiger partial charge on any atom is 0.0503 e. The number of hydrogen-bond acceptors (Lipinski definition) is 3. The number of nitrogens with one attached hydrogen (secondary N) is 1. The van der Waals surface area contributed by atoms with Crippen molar-refractivity contribution in [2.75, 3.05) is 0 Å². The lowest BCUT2D eigenvalue weighted by Gasteiger charge is -2.33. The summed E-state index contributed by atoms with van der Waals surface area (Å²) in [7, 11) is 0. The SMILES string of the molecule is CCCC1CCC(C(NN)c2cccnc2)CC1. The molecule has 1 fully saturated rings. The Morgan fingerprint density at radius 3 is 2.72 bits per heavy atom. The quantitative estimate of drug-likeness (QED) is 0.620. The zero-order valence-electron chi connectivity index (χ0n) is 11.3. The fourth-order valence-electron chi connectivity index (χ4n) is 3.28. The van der Waals surface area contributed by atoms with E-state index in [-0.39, 0.29) is 6.04 Å². The molecule has 0 aromatic carbocycles. The lowest BCUT2D eigenvalue weighted by Crippen LogP contribution is -2.35. The molecule has 18 heavy (non-hydrogen) atoms. The van der Waals surface area contributed by atoms with Gasteiger partial charge in [0.2, 0.25) is 0 Å². The molecule has 1 aromatic rings. The van der Waals surface area contributed by atoms with E-state index >= 15 is 0 Å². The summed E-state index contributed by atoms with van der Waals surface area (Å²) in [6.07, 6.45) is 11.7. The van der Waals surface area contributed by atoms with E-state index in [1.165, 1.54) is 44.1 Å². The molecule has 0 saturated heterocycles. The first-order valence-electron chi connectivity index (χ1n) is 7.21. The molecule has 3 N–H and O–H groups in total. The van der Waals surface area contributed by atoms with Crippen LogP contribution in [-0.2, 0) is 0 Å². The number of nitrogens with zero attached hydrogens (tertiary/aromatic N) is 1. The Balaban J connectivity index is 1.95. The monoisotopic (exact) mass is 247 g/mol. The predicted molar refractivity (Wildman–Crippen MR) is 74.7 cm³/mol. The van der Waals surface area contributed by atoms with Crippen LogP contribution in [0.3, 0.4) is 0 Å². The van der Waals surface area contributed by atoms with E-state index in [1.54, 1.807) is 0 Å². The molecule has 0 amide bonds. The third-order valence-corrected chi connectivity index (χ3v) is 4.28. The molecule has 0 bridgehead atoms. The average molecular weight is 247 g/mol. The lowest BCUT2D eigenvalue weighted by molar-refractivity contribution is 0.215. The Morgan fingerprint density at radius 1 is 1.39 bits per heavy atom. The number of hydrazine groups is 1. The van der Waals surface area contributed by atoms with Gasteiger partial charge in [-0.15, -0.1) is 0 Å². The van der Waals surface area contributed by atoms with Gasteiger partial charge in [-0.1, -0.05) is 38.7 Å². The molecule has 1 aliphatic rings. The zero-order chi connectivity index (χ0) is 12.8. The van der Waals surface area contributed by atoms with Crippen molar-refractivity contribution >= 4 is 0 Å². The van der Waals surface area contributed by atoms with Crippen LogP contribution < -0.4 is 11.3 Å². The van der Waals surface area contributed by atoms with E-state index in [0.29, 0.717) is 5.92 Å². The molecule has 0 aliphatic heterocycles. The summed E-state index contributed by atoms with van der Waals surface area (Å²) in [4.78, 5) is 4.20. The number of aromatic nitrogens is 1. The molecule has 1 atom stereocenters. The fraction of sp³-hybridized carbons (Fsp3) is 0.667. The van der Waals surface area contributed by atoms with E-state index in [1.807, 2.05) is 18.5 Å². The Morgan fingerprint density at radius 2 is 2.17 bits per heavy atom. The van der Waals surface area contributed by atoms with E-state index in [2.05, 4.69) is 23.4 Å². The van der Waals surface area contributed by atoms with Gasteiger partial charge >= 0.3 is 0 Å². The predicted octanol–water partition coefficient (Wildman–Crippen LogP) is 3.19. The second kappa shape index (κ2) is 6.86. The molecule has 1 unspecified atom stereocenters. The number of pyridine rings is 1. The molecule has 1 saturated carbocycles. The molecule has 3 heteroatoms. The number of hydrogen-bond donors (Lipinski definition) is 2. The van der Waals surface area contributed by atoms with Gasteiger partial charge in [0.25, 0.3) is 0 Å². The van der Waals surface area contributed by atoms with E-state index in [0.717, 1.165) is 5.92 Å². The Hall–Kier alpha value is -0.930. The molecule has 1 heterocycles. The molecule has 1 aliphatic carbocycles. The highest BCUT2D eigenvalue weighted by molar-refractivity contribution is 5.14. The summed E-state index contributed by atoms with van der Waals surface area (Å²) in [5, 5.41) is 0. The second-order valence-corrected chi connectivity index (χ2v) is 5.50. The summed E-state index contributed by atoms with van der Waals surface area (Å²) in [5.74, 6) is 7.35. The van der Waals surface area contributed by atoms with Crippen LogP contribution in [0.5, 0.6) is 0 Å². The Kier molecular flexibility index (Phi) is 5.14. The van der Waals surface area contributed by atoms with Gasteiger partial charge in [0.15, 0.2) is 0 Å². The van der Waals surface area contributed by atoms with Crippen molar-refractivity contribution in [2.24, 2.45) is 17.7 Å². The highest BCUT2D eigenvalue weighted by atomic mass is 15.2. The van der Waals surface area contributed by atoms with Crippen LogP contribution in [0.2, 0.25) is 0 Å². The maximum absolute atomic E-state index is 5.75. The second-order valence-electron chi connectivity index (χ2n) is 5.50. The van der Waals surface area contributed by atoms with Gasteiger partial charge in [0.05, 0.1) is 6.04 Å². The van der Waals surface area contributed by atoms with Crippen molar-refractivity contribution in [3.63, 3.8) is 0 Å². The average Bonchev–Trinajstić information content (AvgIpc) is 2.43. The third kappa shape index (κ3) is 3.30. The summed E-state index contributed by atoms with van der Waals surface area (Å²) < 4.78 is 0. The highest BCUT2D eigenvalue weighted by Gasteiger charge is 2.27. The van der Waals surface area contributed by atoms with Gasteiger partial charge in [-0.2, -0.15) is 0 Å². The van der Waals surface area contributed by atoms with Crippen molar-refractivity contribution < 1.29 is 0 Å². The molecule has 2 rings (SSSR count). The highest BCUT2D eigenvalue weighted by Crippen LogP contribution is 2.37. The van der Waals surface area contributed by atoms with Gasteiger partial charge in [-0.25, -0.2) is 0 Å². The van der Waals surface area contributed by atoms with E-state index in [4.69, 9.17) is 5.84 Å². The van der Waals surface area contributed by atoms with Crippen LogP contribution in [0, 0.1) is 11.8 Å². The first-order chi connectivity index (χ1) is 8.85. The van der Waals surface area contributed by atoms with Gasteiger partial charge in [0.1, 0.15) is 0 Å². The van der Waals surface area contributed by atoms with Crippen molar-refractivity contribution in [1.82, 2.24) is 10.4 Å². The van der Waals surface area contributed by atoms with Gasteiger partial charge < -0.3 is 0 Å². The van der Waals surface area contributed by atoms with Crippen LogP contribution in [0.4, 0.5) is 0 Å². The van der Waals surface area contributed by atoms with Crippen molar-refractivity contribution in [3.05, 3.63) is 30.1 Å². The molecule has 1 aromatic heterocycles. The lowest BCUT2D eigenvalue weighted by atomic mass is 9.76. The minimum atomic E-state index is 0.265.